The van der Waals surface area contributed by atoms with Crippen molar-refractivity contribution in [2.75, 3.05) is 18.4 Å². The fourth-order valence-electron chi connectivity index (χ4n) is 4.21. The van der Waals surface area contributed by atoms with Crippen molar-refractivity contribution >= 4 is 34.2 Å². The standard InChI is InChI=1S/C25H26F2N4O6S/c1-24(2,36)12-8-14(26)20(15(27)9-12)16-10-13(21(28)33)22(38-16)30-19-5-3-4-17(29-19)25(37)6-7-31(23(34)35)11-18(25)32/h3-5,8-10,18,32,36-37H,6-7,11H2,1-2H3,(H2,28,33)(H,29,30)(H,34,35)/t18-,25-/m0/s1. The molecule has 2 atom stereocenters. The Balaban J connectivity index is 1.67. The van der Waals surface area contributed by atoms with E-state index in [0.29, 0.717) is 0 Å². The molecule has 0 unspecified atom stereocenters. The molecule has 1 aliphatic heterocycles. The van der Waals surface area contributed by atoms with Crippen LogP contribution in [0.4, 0.5) is 24.4 Å². The molecule has 1 saturated heterocycles. The Kier molecular flexibility index (Phi) is 7.14. The average Bonchev–Trinajstić information content (AvgIpc) is 3.23. The van der Waals surface area contributed by atoms with E-state index in [4.69, 9.17) is 10.8 Å². The van der Waals surface area contributed by atoms with E-state index in [9.17, 15) is 33.7 Å². The molecule has 1 aliphatic rings. The van der Waals surface area contributed by atoms with E-state index in [1.165, 1.54) is 38.1 Å². The third kappa shape index (κ3) is 5.18. The number of benzene rings is 1. The Morgan fingerprint density at radius 1 is 1.24 bits per heavy atom. The second kappa shape index (κ2) is 9.91. The van der Waals surface area contributed by atoms with E-state index < -0.39 is 46.5 Å². The van der Waals surface area contributed by atoms with Gasteiger partial charge in [-0.05, 0) is 49.7 Å². The van der Waals surface area contributed by atoms with Crippen molar-refractivity contribution in [1.29, 1.82) is 0 Å². The van der Waals surface area contributed by atoms with E-state index in [-0.39, 0.29) is 52.0 Å². The largest absolute Gasteiger partial charge is 0.465 e. The number of aliphatic hydroxyl groups excluding tert-OH is 1. The topological polar surface area (TPSA) is 169 Å². The van der Waals surface area contributed by atoms with Gasteiger partial charge in [-0.3, -0.25) is 4.79 Å². The molecule has 1 aromatic carbocycles. The zero-order chi connectivity index (χ0) is 28.0. The van der Waals surface area contributed by atoms with Gasteiger partial charge in [0.15, 0.2) is 0 Å². The van der Waals surface area contributed by atoms with E-state index >= 15 is 0 Å². The molecule has 1 fully saturated rings. The number of halogens is 2. The fraction of sp³-hybridized carbons (Fsp3) is 0.320. The number of hydrogen-bond acceptors (Lipinski definition) is 8. The number of β-amino-alcohol motifs (C(OH)–C–C–N with tert-alkyl or cyclic N) is 1. The van der Waals surface area contributed by atoms with Crippen LogP contribution >= 0.6 is 11.3 Å². The molecule has 3 heterocycles. The Hall–Kier alpha value is -3.65. The van der Waals surface area contributed by atoms with Gasteiger partial charge in [-0.1, -0.05) is 6.07 Å². The van der Waals surface area contributed by atoms with Gasteiger partial charge in [0.25, 0.3) is 5.91 Å². The number of nitrogens with two attached hydrogens (primary N) is 1. The average molecular weight is 549 g/mol. The van der Waals surface area contributed by atoms with E-state index in [2.05, 4.69) is 10.3 Å². The lowest BCUT2D eigenvalue weighted by atomic mass is 9.85. The third-order valence-corrected chi connectivity index (χ3v) is 7.47. The summed E-state index contributed by atoms with van der Waals surface area (Å²) in [5.74, 6) is -2.60. The number of likely N-dealkylation sites (tertiary alicyclic amines) is 1. The number of piperidine rings is 1. The van der Waals surface area contributed by atoms with Gasteiger partial charge in [0, 0.05) is 17.8 Å². The number of rotatable bonds is 6. The first-order chi connectivity index (χ1) is 17.7. The van der Waals surface area contributed by atoms with E-state index in [1.807, 2.05) is 0 Å². The number of carbonyl (C=O) groups excluding carboxylic acids is 1. The summed E-state index contributed by atoms with van der Waals surface area (Å²) in [6.45, 7) is 2.46. The minimum absolute atomic E-state index is 0.0221. The number of anilines is 2. The number of aromatic nitrogens is 1. The van der Waals surface area contributed by atoms with Crippen molar-refractivity contribution in [3.63, 3.8) is 0 Å². The van der Waals surface area contributed by atoms with Crippen LogP contribution in [0.3, 0.4) is 0 Å². The van der Waals surface area contributed by atoms with Crippen molar-refractivity contribution in [2.24, 2.45) is 5.73 Å². The molecule has 3 aromatic rings. The number of carbonyl (C=O) groups is 2. The Bertz CT molecular complexity index is 1390. The Labute approximate surface area is 220 Å². The number of thiophene rings is 1. The first-order valence-electron chi connectivity index (χ1n) is 11.5. The number of carboxylic acid groups (broad SMARTS) is 1. The quantitative estimate of drug-likeness (QED) is 0.273. The predicted octanol–water partition coefficient (Wildman–Crippen LogP) is 3.09. The van der Waals surface area contributed by atoms with E-state index in [0.717, 1.165) is 28.4 Å². The molecule has 0 radical (unpaired) electrons. The van der Waals surface area contributed by atoms with Crippen molar-refractivity contribution in [2.45, 2.75) is 37.6 Å². The smallest absolute Gasteiger partial charge is 0.407 e. The van der Waals surface area contributed by atoms with E-state index in [1.54, 1.807) is 0 Å². The summed E-state index contributed by atoms with van der Waals surface area (Å²) >= 11 is 0.844. The molecule has 2 aromatic heterocycles. The molecule has 13 heteroatoms. The molecule has 0 saturated carbocycles. The minimum Gasteiger partial charge on any atom is -0.465 e. The summed E-state index contributed by atoms with van der Waals surface area (Å²) in [6, 6.07) is 7.78. The Morgan fingerprint density at radius 2 is 1.89 bits per heavy atom. The molecule has 4 rings (SSSR count). The minimum atomic E-state index is -1.83. The number of aliphatic hydroxyl groups is 3. The van der Waals surface area contributed by atoms with Gasteiger partial charge in [0.05, 0.1) is 29.0 Å². The van der Waals surface area contributed by atoms with Gasteiger partial charge in [0.2, 0.25) is 0 Å². The maximum atomic E-state index is 14.9. The van der Waals surface area contributed by atoms with Crippen LogP contribution in [0.2, 0.25) is 0 Å². The predicted molar refractivity (Wildman–Crippen MR) is 135 cm³/mol. The van der Waals surface area contributed by atoms with Gasteiger partial charge in [-0.2, -0.15) is 0 Å². The van der Waals surface area contributed by atoms with Crippen molar-refractivity contribution in [3.8, 4) is 10.4 Å². The molecule has 0 spiro atoms. The van der Waals surface area contributed by atoms with Crippen LogP contribution in [0.1, 0.15) is 41.9 Å². The highest BCUT2D eigenvalue weighted by Crippen LogP contribution is 2.40. The lowest BCUT2D eigenvalue weighted by Crippen LogP contribution is -2.55. The number of nitrogens with zero attached hydrogens (tertiary/aromatic N) is 2. The first kappa shape index (κ1) is 27.4. The number of amides is 2. The van der Waals surface area contributed by atoms with Gasteiger partial charge >= 0.3 is 6.09 Å². The molecule has 202 valence electrons. The van der Waals surface area contributed by atoms with Crippen LogP contribution in [0.25, 0.3) is 10.4 Å². The highest BCUT2D eigenvalue weighted by atomic mass is 32.1. The molecular weight excluding hydrogens is 522 g/mol. The lowest BCUT2D eigenvalue weighted by molar-refractivity contribution is -0.121. The highest BCUT2D eigenvalue weighted by molar-refractivity contribution is 7.20. The number of pyridine rings is 1. The first-order valence-corrected chi connectivity index (χ1v) is 12.3. The molecule has 38 heavy (non-hydrogen) atoms. The summed E-state index contributed by atoms with van der Waals surface area (Å²) < 4.78 is 29.9. The summed E-state index contributed by atoms with van der Waals surface area (Å²) in [5.41, 5.74) is 1.85. The summed E-state index contributed by atoms with van der Waals surface area (Å²) in [7, 11) is 0. The number of hydrogen-bond donors (Lipinski definition) is 6. The maximum Gasteiger partial charge on any atom is 0.407 e. The number of nitrogens with one attached hydrogen (secondary N) is 1. The molecule has 10 nitrogen and oxygen atoms in total. The molecule has 0 aliphatic carbocycles. The third-order valence-electron chi connectivity index (χ3n) is 6.40. The van der Waals surface area contributed by atoms with Gasteiger partial charge in [-0.25, -0.2) is 18.6 Å². The maximum absolute atomic E-state index is 14.9. The zero-order valence-electron chi connectivity index (χ0n) is 20.4. The van der Waals surface area contributed by atoms with Crippen molar-refractivity contribution in [1.82, 2.24) is 9.88 Å². The second-order valence-electron chi connectivity index (χ2n) is 9.54. The zero-order valence-corrected chi connectivity index (χ0v) is 21.2. The van der Waals surface area contributed by atoms with Crippen LogP contribution in [0.5, 0.6) is 0 Å². The van der Waals surface area contributed by atoms with Crippen LogP contribution < -0.4 is 11.1 Å². The van der Waals surface area contributed by atoms with Crippen molar-refractivity contribution < 1.29 is 38.8 Å². The van der Waals surface area contributed by atoms with Crippen LogP contribution in [-0.2, 0) is 11.2 Å². The van der Waals surface area contributed by atoms with Crippen molar-refractivity contribution in [3.05, 3.63) is 64.9 Å². The van der Waals surface area contributed by atoms with Gasteiger partial charge < -0.3 is 36.4 Å². The van der Waals surface area contributed by atoms with Crippen LogP contribution in [0, 0.1) is 11.6 Å². The van der Waals surface area contributed by atoms with Gasteiger partial charge in [-0.15, -0.1) is 11.3 Å². The van der Waals surface area contributed by atoms with Crippen LogP contribution in [-0.4, -0.2) is 61.5 Å². The highest BCUT2D eigenvalue weighted by Gasteiger charge is 2.44. The molecular formula is C25H26F2N4O6S. The summed E-state index contributed by atoms with van der Waals surface area (Å²) in [6.07, 6.45) is -2.77. The van der Waals surface area contributed by atoms with Gasteiger partial charge in [0.1, 0.15) is 34.2 Å². The number of primary amides is 1. The van der Waals surface area contributed by atoms with Crippen LogP contribution in [0.15, 0.2) is 36.4 Å². The molecule has 2 amide bonds. The Morgan fingerprint density at radius 3 is 2.45 bits per heavy atom. The monoisotopic (exact) mass is 548 g/mol. The summed E-state index contributed by atoms with van der Waals surface area (Å²) in [4.78, 5) is 28.7. The SMILES string of the molecule is CC(C)(O)c1cc(F)c(-c2cc(C(N)=O)c(Nc3cccc([C@@]4(O)CCN(C(=O)O)C[C@@H]4O)n3)s2)c(F)c1. The fourth-order valence-corrected chi connectivity index (χ4v) is 5.33. The lowest BCUT2D eigenvalue weighted by Gasteiger charge is -2.40. The normalized spacial score (nSPS) is 19.9. The second-order valence-corrected chi connectivity index (χ2v) is 10.6. The summed E-state index contributed by atoms with van der Waals surface area (Å²) in [5, 5.41) is 43.9. The molecule has 7 N–H and O–H groups in total. The molecule has 0 bridgehead atoms.